The third-order valence-corrected chi connectivity index (χ3v) is 5.92. The van der Waals surface area contributed by atoms with Gasteiger partial charge in [0.2, 0.25) is 0 Å². The van der Waals surface area contributed by atoms with Crippen LogP contribution in [0.2, 0.25) is 0 Å². The maximum atomic E-state index is 13.2. The minimum atomic E-state index is -0.947. The van der Waals surface area contributed by atoms with Gasteiger partial charge in [-0.3, -0.25) is 4.79 Å². The Bertz CT molecular complexity index is 922. The first kappa shape index (κ1) is 19.3. The minimum Gasteiger partial charge on any atom is -0.507 e. The number of anilines is 1. The molecule has 4 heteroatoms. The highest BCUT2D eigenvalue weighted by Crippen LogP contribution is 2.43. The van der Waals surface area contributed by atoms with Gasteiger partial charge in [0.25, 0.3) is 5.91 Å². The number of hydrogen-bond acceptors (Lipinski definition) is 3. The van der Waals surface area contributed by atoms with E-state index in [4.69, 9.17) is 4.74 Å². The number of phenols is 1. The van der Waals surface area contributed by atoms with Crippen LogP contribution in [0.15, 0.2) is 12.1 Å². The van der Waals surface area contributed by atoms with E-state index >= 15 is 0 Å². The standard InChI is InChI=1S/C23H29NO3/c1-12-10-13(2)19(14(3)11-12)24-22(26)23(7)9-8-18-17(6)20(25)15(4)16(5)21(18)27-23/h10-11,25H,8-9H2,1-7H3,(H,24,26). The first-order valence-corrected chi connectivity index (χ1v) is 9.45. The average Bonchev–Trinajstić information content (AvgIpc) is 2.60. The van der Waals surface area contributed by atoms with Crippen LogP contribution in [0, 0.1) is 41.5 Å². The molecule has 1 aliphatic heterocycles. The van der Waals surface area contributed by atoms with E-state index in [0.29, 0.717) is 18.6 Å². The molecule has 1 heterocycles. The minimum absolute atomic E-state index is 0.133. The third-order valence-electron chi connectivity index (χ3n) is 5.92. The summed E-state index contributed by atoms with van der Waals surface area (Å²) >= 11 is 0. The zero-order valence-electron chi connectivity index (χ0n) is 17.3. The number of fused-ring (bicyclic) bond motifs is 1. The van der Waals surface area contributed by atoms with Gasteiger partial charge < -0.3 is 15.2 Å². The molecular formula is C23H29NO3. The molecule has 1 atom stereocenters. The van der Waals surface area contributed by atoms with Crippen molar-refractivity contribution in [2.45, 2.75) is 66.9 Å². The van der Waals surface area contributed by atoms with E-state index in [0.717, 1.165) is 44.8 Å². The van der Waals surface area contributed by atoms with E-state index in [1.54, 1.807) is 0 Å². The number of rotatable bonds is 2. The maximum Gasteiger partial charge on any atom is 0.268 e. The number of benzene rings is 2. The molecule has 0 fully saturated rings. The van der Waals surface area contributed by atoms with Gasteiger partial charge in [-0.05, 0) is 82.7 Å². The summed E-state index contributed by atoms with van der Waals surface area (Å²) < 4.78 is 6.28. The smallest absolute Gasteiger partial charge is 0.268 e. The molecule has 0 spiro atoms. The molecule has 3 rings (SSSR count). The van der Waals surface area contributed by atoms with Crippen LogP contribution < -0.4 is 10.1 Å². The lowest BCUT2D eigenvalue weighted by Gasteiger charge is -2.37. The Labute approximate surface area is 161 Å². The van der Waals surface area contributed by atoms with Gasteiger partial charge in [-0.25, -0.2) is 0 Å². The third kappa shape index (κ3) is 3.18. The van der Waals surface area contributed by atoms with Crippen LogP contribution in [0.4, 0.5) is 5.69 Å². The number of phenolic OH excluding ortho intramolecular Hbond substituents is 1. The van der Waals surface area contributed by atoms with Crippen LogP contribution in [0.3, 0.4) is 0 Å². The van der Waals surface area contributed by atoms with Gasteiger partial charge in [0.1, 0.15) is 11.5 Å². The number of hydrogen-bond donors (Lipinski definition) is 2. The fraction of sp³-hybridized carbons (Fsp3) is 0.435. The molecule has 0 bridgehead atoms. The van der Waals surface area contributed by atoms with Crippen LogP contribution >= 0.6 is 0 Å². The molecule has 0 saturated carbocycles. The van der Waals surface area contributed by atoms with Gasteiger partial charge in [0.05, 0.1) is 0 Å². The van der Waals surface area contributed by atoms with E-state index in [1.165, 1.54) is 5.56 Å². The zero-order valence-corrected chi connectivity index (χ0v) is 17.3. The highest BCUT2D eigenvalue weighted by molar-refractivity contribution is 5.98. The predicted molar refractivity (Wildman–Crippen MR) is 109 cm³/mol. The summed E-state index contributed by atoms with van der Waals surface area (Å²) in [4.78, 5) is 13.2. The van der Waals surface area contributed by atoms with Gasteiger partial charge in [0.15, 0.2) is 5.60 Å². The van der Waals surface area contributed by atoms with Crippen molar-refractivity contribution in [3.05, 3.63) is 51.1 Å². The molecule has 0 aromatic heterocycles. The number of aryl methyl sites for hydroxylation is 3. The van der Waals surface area contributed by atoms with E-state index in [9.17, 15) is 9.90 Å². The molecule has 0 aliphatic carbocycles. The second kappa shape index (κ2) is 6.59. The average molecular weight is 367 g/mol. The molecule has 1 aliphatic rings. The van der Waals surface area contributed by atoms with Crippen molar-refractivity contribution in [3.8, 4) is 11.5 Å². The highest BCUT2D eigenvalue weighted by Gasteiger charge is 2.41. The summed E-state index contributed by atoms with van der Waals surface area (Å²) in [5.74, 6) is 0.934. The second-order valence-corrected chi connectivity index (χ2v) is 8.09. The molecule has 0 radical (unpaired) electrons. The Morgan fingerprint density at radius 2 is 1.63 bits per heavy atom. The lowest BCUT2D eigenvalue weighted by molar-refractivity contribution is -0.131. The predicted octanol–water partition coefficient (Wildman–Crippen LogP) is 4.97. The maximum absolute atomic E-state index is 13.2. The Morgan fingerprint density at radius 3 is 2.22 bits per heavy atom. The number of carbonyl (C=O) groups is 1. The summed E-state index contributed by atoms with van der Waals surface area (Å²) in [6.45, 7) is 13.6. The lowest BCUT2D eigenvalue weighted by Crippen LogP contribution is -2.48. The van der Waals surface area contributed by atoms with Crippen LogP contribution in [0.5, 0.6) is 11.5 Å². The summed E-state index contributed by atoms with van der Waals surface area (Å²) in [6.07, 6.45) is 1.27. The van der Waals surface area contributed by atoms with E-state index < -0.39 is 5.60 Å². The Balaban J connectivity index is 1.94. The molecule has 144 valence electrons. The zero-order chi connectivity index (χ0) is 20.1. The van der Waals surface area contributed by atoms with Gasteiger partial charge in [-0.15, -0.1) is 0 Å². The first-order valence-electron chi connectivity index (χ1n) is 9.45. The normalized spacial score (nSPS) is 18.6. The highest BCUT2D eigenvalue weighted by atomic mass is 16.5. The SMILES string of the molecule is Cc1cc(C)c(NC(=O)C2(C)CCc3c(C)c(O)c(C)c(C)c3O2)c(C)c1. The van der Waals surface area contributed by atoms with Crippen LogP contribution in [-0.4, -0.2) is 16.6 Å². The number of amides is 1. The van der Waals surface area contributed by atoms with Crippen molar-refractivity contribution in [1.82, 2.24) is 0 Å². The number of nitrogens with one attached hydrogen (secondary N) is 1. The van der Waals surface area contributed by atoms with Gasteiger partial charge in [-0.2, -0.15) is 0 Å². The summed E-state index contributed by atoms with van der Waals surface area (Å²) in [6, 6.07) is 4.14. The van der Waals surface area contributed by atoms with Crippen molar-refractivity contribution in [3.63, 3.8) is 0 Å². The molecule has 27 heavy (non-hydrogen) atoms. The van der Waals surface area contributed by atoms with E-state index in [-0.39, 0.29) is 5.91 Å². The molecule has 2 aromatic rings. The molecule has 1 amide bonds. The quantitative estimate of drug-likeness (QED) is 0.788. The Kier molecular flexibility index (Phi) is 4.71. The van der Waals surface area contributed by atoms with Gasteiger partial charge >= 0.3 is 0 Å². The van der Waals surface area contributed by atoms with Crippen molar-refractivity contribution in [2.24, 2.45) is 0 Å². The van der Waals surface area contributed by atoms with Crippen LogP contribution in [0.25, 0.3) is 0 Å². The van der Waals surface area contributed by atoms with E-state index in [2.05, 4.69) is 24.4 Å². The number of aromatic hydroxyl groups is 1. The second-order valence-electron chi connectivity index (χ2n) is 8.09. The van der Waals surface area contributed by atoms with Crippen molar-refractivity contribution < 1.29 is 14.6 Å². The lowest BCUT2D eigenvalue weighted by atomic mass is 9.86. The van der Waals surface area contributed by atoms with Gasteiger partial charge in [0, 0.05) is 17.7 Å². The van der Waals surface area contributed by atoms with E-state index in [1.807, 2.05) is 41.5 Å². The number of ether oxygens (including phenoxy) is 1. The summed E-state index contributed by atoms with van der Waals surface area (Å²) in [5.41, 5.74) is 6.74. The molecule has 1 unspecified atom stereocenters. The molecule has 0 saturated heterocycles. The van der Waals surface area contributed by atoms with Crippen molar-refractivity contribution in [1.29, 1.82) is 0 Å². The fourth-order valence-corrected chi connectivity index (χ4v) is 4.03. The topological polar surface area (TPSA) is 58.6 Å². The molecule has 2 N–H and O–H groups in total. The Morgan fingerprint density at radius 1 is 1.04 bits per heavy atom. The van der Waals surface area contributed by atoms with Crippen LogP contribution in [0.1, 0.15) is 52.3 Å². The fourth-order valence-electron chi connectivity index (χ4n) is 4.03. The largest absolute Gasteiger partial charge is 0.507 e. The monoisotopic (exact) mass is 367 g/mol. The Hall–Kier alpha value is -2.49. The number of carbonyl (C=O) groups excluding carboxylic acids is 1. The summed E-state index contributed by atoms with van der Waals surface area (Å²) in [7, 11) is 0. The molecule has 4 nitrogen and oxygen atoms in total. The summed E-state index contributed by atoms with van der Waals surface area (Å²) in [5, 5.41) is 13.4. The molecule has 2 aromatic carbocycles. The van der Waals surface area contributed by atoms with Gasteiger partial charge in [-0.1, -0.05) is 17.7 Å². The van der Waals surface area contributed by atoms with Crippen LogP contribution in [-0.2, 0) is 11.2 Å². The molecular weight excluding hydrogens is 338 g/mol. The first-order chi connectivity index (χ1) is 12.5. The van der Waals surface area contributed by atoms with Crippen molar-refractivity contribution >= 4 is 11.6 Å². The van der Waals surface area contributed by atoms with Crippen molar-refractivity contribution in [2.75, 3.05) is 5.32 Å².